The first-order valence-corrected chi connectivity index (χ1v) is 5.46. The number of carboxylic acid groups (broad SMARTS) is 1. The fourth-order valence-corrected chi connectivity index (χ4v) is 1.61. The van der Waals surface area contributed by atoms with Gasteiger partial charge >= 0.3 is 5.97 Å². The molecule has 1 aromatic carbocycles. The Morgan fingerprint density at radius 1 is 1.50 bits per heavy atom. The third-order valence-corrected chi connectivity index (χ3v) is 2.62. The maximum atomic E-state index is 13.4. The molecule has 0 radical (unpaired) electrons. The number of nitrogens with zero attached hydrogens (tertiary/aromatic N) is 3. The number of carbonyl (C=O) groups is 1. The number of aromatic nitrogens is 3. The zero-order valence-corrected chi connectivity index (χ0v) is 9.80. The average molecular weight is 249 g/mol. The van der Waals surface area contributed by atoms with E-state index in [2.05, 4.69) is 10.3 Å². The molecular formula is C12H12FN3O2. The van der Waals surface area contributed by atoms with Crippen molar-refractivity contribution in [3.63, 3.8) is 0 Å². The van der Waals surface area contributed by atoms with Crippen LogP contribution in [0.15, 0.2) is 24.4 Å². The zero-order chi connectivity index (χ0) is 13.1. The fraction of sp³-hybridized carbons (Fsp3) is 0.250. The van der Waals surface area contributed by atoms with Crippen LogP contribution in [0.5, 0.6) is 0 Å². The van der Waals surface area contributed by atoms with E-state index in [1.165, 1.54) is 10.7 Å². The average Bonchev–Trinajstić information content (AvgIpc) is 2.78. The van der Waals surface area contributed by atoms with Crippen LogP contribution in [-0.2, 0) is 11.2 Å². The Morgan fingerprint density at radius 3 is 3.00 bits per heavy atom. The van der Waals surface area contributed by atoms with E-state index in [9.17, 15) is 9.18 Å². The maximum Gasteiger partial charge on any atom is 0.303 e. The van der Waals surface area contributed by atoms with Crippen LogP contribution in [0.3, 0.4) is 0 Å². The van der Waals surface area contributed by atoms with E-state index in [1.807, 2.05) is 0 Å². The lowest BCUT2D eigenvalue weighted by molar-refractivity contribution is -0.136. The van der Waals surface area contributed by atoms with Gasteiger partial charge < -0.3 is 5.11 Å². The molecule has 0 spiro atoms. The molecular weight excluding hydrogens is 237 g/mol. The van der Waals surface area contributed by atoms with Crippen LogP contribution in [-0.4, -0.2) is 26.1 Å². The highest BCUT2D eigenvalue weighted by molar-refractivity contribution is 5.66. The zero-order valence-electron chi connectivity index (χ0n) is 9.80. The minimum absolute atomic E-state index is 0.000820. The van der Waals surface area contributed by atoms with E-state index in [0.717, 1.165) is 0 Å². The molecule has 18 heavy (non-hydrogen) atoms. The van der Waals surface area contributed by atoms with Gasteiger partial charge in [0.05, 0.1) is 24.0 Å². The Balaban J connectivity index is 2.24. The van der Waals surface area contributed by atoms with Gasteiger partial charge in [0.25, 0.3) is 0 Å². The van der Waals surface area contributed by atoms with Crippen LogP contribution in [0.25, 0.3) is 5.69 Å². The van der Waals surface area contributed by atoms with E-state index in [-0.39, 0.29) is 12.2 Å². The summed E-state index contributed by atoms with van der Waals surface area (Å²) < 4.78 is 14.8. The van der Waals surface area contributed by atoms with Gasteiger partial charge in [-0.3, -0.25) is 4.79 Å². The van der Waals surface area contributed by atoms with Crippen LogP contribution in [0.1, 0.15) is 17.7 Å². The van der Waals surface area contributed by atoms with Gasteiger partial charge in [-0.1, -0.05) is 11.3 Å². The van der Waals surface area contributed by atoms with Crippen LogP contribution in [0.2, 0.25) is 0 Å². The van der Waals surface area contributed by atoms with E-state index >= 15 is 0 Å². The van der Waals surface area contributed by atoms with E-state index in [0.29, 0.717) is 23.4 Å². The fourth-order valence-electron chi connectivity index (χ4n) is 1.61. The van der Waals surface area contributed by atoms with Crippen molar-refractivity contribution >= 4 is 5.97 Å². The second kappa shape index (κ2) is 4.95. The SMILES string of the molecule is Cc1c(F)cccc1-n1cc(CCC(=O)O)nn1. The number of halogens is 1. The first kappa shape index (κ1) is 12.2. The van der Waals surface area contributed by atoms with Crippen molar-refractivity contribution in [2.24, 2.45) is 0 Å². The van der Waals surface area contributed by atoms with Crippen molar-refractivity contribution in [3.05, 3.63) is 41.5 Å². The van der Waals surface area contributed by atoms with Gasteiger partial charge in [-0.25, -0.2) is 9.07 Å². The molecule has 0 fully saturated rings. The second-order valence-electron chi connectivity index (χ2n) is 3.93. The molecule has 2 rings (SSSR count). The van der Waals surface area contributed by atoms with Gasteiger partial charge in [-0.05, 0) is 19.1 Å². The van der Waals surface area contributed by atoms with Gasteiger partial charge in [-0.15, -0.1) is 5.10 Å². The predicted octanol–water partition coefficient (Wildman–Crippen LogP) is 1.73. The number of aliphatic carboxylic acids is 1. The number of benzene rings is 1. The van der Waals surface area contributed by atoms with Crippen LogP contribution >= 0.6 is 0 Å². The first-order valence-electron chi connectivity index (χ1n) is 5.46. The molecule has 0 aliphatic carbocycles. The van der Waals surface area contributed by atoms with Crippen molar-refractivity contribution in [2.45, 2.75) is 19.8 Å². The van der Waals surface area contributed by atoms with Crippen molar-refractivity contribution in [2.75, 3.05) is 0 Å². The van der Waals surface area contributed by atoms with E-state index in [1.54, 1.807) is 25.3 Å². The minimum Gasteiger partial charge on any atom is -0.481 e. The molecule has 0 aliphatic rings. The molecule has 1 N–H and O–H groups in total. The van der Waals surface area contributed by atoms with Gasteiger partial charge in [0.1, 0.15) is 5.82 Å². The number of hydrogen-bond acceptors (Lipinski definition) is 3. The molecule has 0 saturated carbocycles. The molecule has 0 atom stereocenters. The second-order valence-corrected chi connectivity index (χ2v) is 3.93. The Bertz CT molecular complexity index is 580. The Morgan fingerprint density at radius 2 is 2.28 bits per heavy atom. The molecule has 6 heteroatoms. The molecule has 2 aromatic rings. The van der Waals surface area contributed by atoms with Crippen molar-refractivity contribution < 1.29 is 14.3 Å². The lowest BCUT2D eigenvalue weighted by Gasteiger charge is -2.04. The van der Waals surface area contributed by atoms with Gasteiger partial charge in [0.2, 0.25) is 0 Å². The summed E-state index contributed by atoms with van der Waals surface area (Å²) in [5.74, 6) is -1.19. The van der Waals surface area contributed by atoms with Gasteiger partial charge in [0, 0.05) is 12.0 Å². The van der Waals surface area contributed by atoms with E-state index < -0.39 is 5.97 Å². The lowest BCUT2D eigenvalue weighted by Crippen LogP contribution is -1.99. The minimum atomic E-state index is -0.883. The largest absolute Gasteiger partial charge is 0.481 e. The molecule has 1 aromatic heterocycles. The quantitative estimate of drug-likeness (QED) is 0.896. The topological polar surface area (TPSA) is 68.0 Å². The summed E-state index contributed by atoms with van der Waals surface area (Å²) in [4.78, 5) is 10.4. The molecule has 94 valence electrons. The normalized spacial score (nSPS) is 10.6. The summed E-state index contributed by atoms with van der Waals surface area (Å²) in [6, 6.07) is 4.70. The van der Waals surface area contributed by atoms with Crippen LogP contribution in [0.4, 0.5) is 4.39 Å². The van der Waals surface area contributed by atoms with Gasteiger partial charge in [-0.2, -0.15) is 0 Å². The first-order chi connectivity index (χ1) is 8.58. The number of carboxylic acids is 1. The molecule has 0 bridgehead atoms. The van der Waals surface area contributed by atoms with Crippen LogP contribution < -0.4 is 0 Å². The third-order valence-electron chi connectivity index (χ3n) is 2.62. The summed E-state index contributed by atoms with van der Waals surface area (Å²) in [7, 11) is 0. The standard InChI is InChI=1S/C12H12FN3O2/c1-8-10(13)3-2-4-11(8)16-7-9(14-15-16)5-6-12(17)18/h2-4,7H,5-6H2,1H3,(H,17,18). The smallest absolute Gasteiger partial charge is 0.303 e. The highest BCUT2D eigenvalue weighted by Gasteiger charge is 2.09. The summed E-state index contributed by atoms with van der Waals surface area (Å²) in [5.41, 5.74) is 1.65. The Kier molecular flexibility index (Phi) is 3.36. The lowest BCUT2D eigenvalue weighted by atomic mass is 10.2. The number of hydrogen-bond donors (Lipinski definition) is 1. The molecule has 0 unspecified atom stereocenters. The number of rotatable bonds is 4. The number of aryl methyl sites for hydroxylation is 1. The Labute approximate surface area is 103 Å². The van der Waals surface area contributed by atoms with Crippen LogP contribution in [0, 0.1) is 12.7 Å². The summed E-state index contributed by atoms with van der Waals surface area (Å²) in [6.45, 7) is 1.66. The highest BCUT2D eigenvalue weighted by Crippen LogP contribution is 2.16. The van der Waals surface area contributed by atoms with E-state index in [4.69, 9.17) is 5.11 Å². The highest BCUT2D eigenvalue weighted by atomic mass is 19.1. The monoisotopic (exact) mass is 249 g/mol. The van der Waals surface area contributed by atoms with Crippen molar-refractivity contribution in [3.8, 4) is 5.69 Å². The third kappa shape index (κ3) is 2.53. The summed E-state index contributed by atoms with van der Waals surface area (Å²) in [5, 5.41) is 16.3. The predicted molar refractivity (Wildman–Crippen MR) is 62.0 cm³/mol. The van der Waals surface area contributed by atoms with Crippen molar-refractivity contribution in [1.82, 2.24) is 15.0 Å². The summed E-state index contributed by atoms with van der Waals surface area (Å²) in [6.07, 6.45) is 1.93. The molecule has 0 saturated heterocycles. The molecule has 0 aliphatic heterocycles. The van der Waals surface area contributed by atoms with Gasteiger partial charge in [0.15, 0.2) is 0 Å². The Hall–Kier alpha value is -2.24. The molecule has 1 heterocycles. The maximum absolute atomic E-state index is 13.4. The van der Waals surface area contributed by atoms with Crippen molar-refractivity contribution in [1.29, 1.82) is 0 Å². The molecule has 5 nitrogen and oxygen atoms in total. The molecule has 0 amide bonds. The summed E-state index contributed by atoms with van der Waals surface area (Å²) >= 11 is 0.